The van der Waals surface area contributed by atoms with Crippen LogP contribution in [-0.4, -0.2) is 0 Å². The highest BCUT2D eigenvalue weighted by Crippen LogP contribution is 2.48. The highest BCUT2D eigenvalue weighted by atomic mass is 15.1. The van der Waals surface area contributed by atoms with Gasteiger partial charge in [-0.2, -0.15) is 0 Å². The van der Waals surface area contributed by atoms with E-state index in [2.05, 4.69) is 183 Å². The second-order valence-electron chi connectivity index (χ2n) is 11.9. The molecule has 0 atom stereocenters. The van der Waals surface area contributed by atoms with Crippen LogP contribution < -0.4 is 4.90 Å². The van der Waals surface area contributed by atoms with Gasteiger partial charge in [0.15, 0.2) is 0 Å². The van der Waals surface area contributed by atoms with Gasteiger partial charge >= 0.3 is 0 Å². The largest absolute Gasteiger partial charge is 0.309 e. The molecule has 1 nitrogen and oxygen atoms in total. The smallest absolute Gasteiger partial charge is 0.0618 e. The lowest BCUT2D eigenvalue weighted by atomic mass is 9.87. The van der Waals surface area contributed by atoms with Gasteiger partial charge in [0, 0.05) is 22.1 Å². The first-order chi connectivity index (χ1) is 22.8. The molecule has 46 heavy (non-hydrogen) atoms. The van der Waals surface area contributed by atoms with Gasteiger partial charge in [-0.25, -0.2) is 0 Å². The summed E-state index contributed by atoms with van der Waals surface area (Å²) in [5, 5.41) is 4.95. The molecule has 0 amide bonds. The zero-order valence-corrected chi connectivity index (χ0v) is 26.7. The Morgan fingerprint density at radius 2 is 1.13 bits per heavy atom. The highest BCUT2D eigenvalue weighted by molar-refractivity contribution is 6.22. The van der Waals surface area contributed by atoms with E-state index in [1.807, 2.05) is 0 Å². The Kier molecular flexibility index (Phi) is 8.48. The first-order valence-electron chi connectivity index (χ1n) is 16.4. The number of benzene rings is 6. The summed E-state index contributed by atoms with van der Waals surface area (Å²) in [6.07, 6.45) is 14.6. The van der Waals surface area contributed by atoms with E-state index in [0.29, 0.717) is 0 Å². The number of hydrogen-bond acceptors (Lipinski definition) is 1. The SMILES string of the molecule is C/C=C\C1=C(CCC)CC=CC=C1c1ccc(-c2c3ccccc3c(N(c3ccccc3)c3ccccc3)c3ccccc23)cc1. The van der Waals surface area contributed by atoms with Crippen LogP contribution in [0.5, 0.6) is 0 Å². The van der Waals surface area contributed by atoms with E-state index in [1.54, 1.807) is 0 Å². The Balaban J connectivity index is 1.44. The van der Waals surface area contributed by atoms with Gasteiger partial charge in [-0.05, 0) is 82.6 Å². The molecular weight excluding hydrogens is 555 g/mol. The molecule has 0 radical (unpaired) electrons. The van der Waals surface area contributed by atoms with Crippen molar-refractivity contribution >= 4 is 44.2 Å². The minimum Gasteiger partial charge on any atom is -0.309 e. The van der Waals surface area contributed by atoms with E-state index in [0.717, 1.165) is 30.6 Å². The van der Waals surface area contributed by atoms with Crippen molar-refractivity contribution in [3.63, 3.8) is 0 Å². The first-order valence-corrected chi connectivity index (χ1v) is 16.4. The maximum Gasteiger partial charge on any atom is 0.0618 e. The lowest BCUT2D eigenvalue weighted by Crippen LogP contribution is -2.11. The van der Waals surface area contributed by atoms with Crippen molar-refractivity contribution in [2.45, 2.75) is 33.1 Å². The summed E-state index contributed by atoms with van der Waals surface area (Å²) in [7, 11) is 0. The van der Waals surface area contributed by atoms with Gasteiger partial charge in [-0.15, -0.1) is 0 Å². The van der Waals surface area contributed by atoms with E-state index in [4.69, 9.17) is 0 Å². The fourth-order valence-electron chi connectivity index (χ4n) is 6.96. The number of rotatable bonds is 8. The van der Waals surface area contributed by atoms with Crippen molar-refractivity contribution in [1.29, 1.82) is 0 Å². The Morgan fingerprint density at radius 1 is 0.609 bits per heavy atom. The van der Waals surface area contributed by atoms with Gasteiger partial charge in [0.05, 0.1) is 5.69 Å². The number of nitrogens with zero attached hydrogens (tertiary/aromatic N) is 1. The predicted molar refractivity (Wildman–Crippen MR) is 200 cm³/mol. The van der Waals surface area contributed by atoms with Crippen molar-refractivity contribution in [3.05, 3.63) is 181 Å². The molecule has 1 aliphatic rings. The molecule has 0 spiro atoms. The van der Waals surface area contributed by atoms with Crippen LogP contribution in [0.25, 0.3) is 38.2 Å². The molecule has 0 fully saturated rings. The fraction of sp³-hybridized carbons (Fsp3) is 0.111. The van der Waals surface area contributed by atoms with Crippen LogP contribution in [0.15, 0.2) is 175 Å². The number of fused-ring (bicyclic) bond motifs is 2. The van der Waals surface area contributed by atoms with Crippen molar-refractivity contribution in [2.75, 3.05) is 4.90 Å². The third-order valence-electron chi connectivity index (χ3n) is 8.96. The van der Waals surface area contributed by atoms with Gasteiger partial charge < -0.3 is 4.90 Å². The molecule has 224 valence electrons. The Bertz CT molecular complexity index is 2010. The summed E-state index contributed by atoms with van der Waals surface area (Å²) in [6.45, 7) is 4.39. The number of anilines is 3. The summed E-state index contributed by atoms with van der Waals surface area (Å²) < 4.78 is 0. The maximum absolute atomic E-state index is 2.41. The minimum atomic E-state index is 1.01. The van der Waals surface area contributed by atoms with Crippen LogP contribution in [-0.2, 0) is 0 Å². The van der Waals surface area contributed by atoms with E-state index in [-0.39, 0.29) is 0 Å². The molecule has 0 bridgehead atoms. The molecule has 1 heteroatoms. The molecule has 0 saturated carbocycles. The average Bonchev–Trinajstić information content (AvgIpc) is 3.31. The molecule has 1 aliphatic carbocycles. The molecule has 0 saturated heterocycles. The maximum atomic E-state index is 2.41. The van der Waals surface area contributed by atoms with Crippen molar-refractivity contribution < 1.29 is 0 Å². The lowest BCUT2D eigenvalue weighted by molar-refractivity contribution is 0.875. The monoisotopic (exact) mass is 593 g/mol. The second kappa shape index (κ2) is 13.3. The van der Waals surface area contributed by atoms with Gasteiger partial charge in [0.25, 0.3) is 0 Å². The molecule has 0 unspecified atom stereocenters. The molecule has 0 heterocycles. The van der Waals surface area contributed by atoms with Gasteiger partial charge in [0.2, 0.25) is 0 Å². The number of hydrogen-bond donors (Lipinski definition) is 0. The molecular formula is C45H39N. The fourth-order valence-corrected chi connectivity index (χ4v) is 6.96. The summed E-state index contributed by atoms with van der Waals surface area (Å²) in [6, 6.07) is 48.5. The zero-order valence-electron chi connectivity index (χ0n) is 26.7. The lowest BCUT2D eigenvalue weighted by Gasteiger charge is -2.29. The van der Waals surface area contributed by atoms with E-state index in [1.165, 1.54) is 60.6 Å². The average molecular weight is 594 g/mol. The molecule has 0 N–H and O–H groups in total. The standard InChI is InChI=1S/C45H39N/c1-3-17-33-19-11-12-24-39(38(33)18-4-2)34-29-31-35(32-30-34)44-40-25-13-15-27-42(40)45(43-28-16-14-26-41(43)44)46(36-20-7-5-8-21-36)37-22-9-6-10-23-37/h4-16,18,20-32H,3,17,19H2,1-2H3/b18-4-. The Labute approximate surface area is 273 Å². The number of para-hydroxylation sites is 2. The first kappa shape index (κ1) is 29.3. The molecule has 0 aromatic heterocycles. The predicted octanol–water partition coefficient (Wildman–Crippen LogP) is 13.1. The van der Waals surface area contributed by atoms with E-state index >= 15 is 0 Å². The van der Waals surface area contributed by atoms with Crippen LogP contribution in [0.2, 0.25) is 0 Å². The van der Waals surface area contributed by atoms with Crippen LogP contribution in [0.3, 0.4) is 0 Å². The molecule has 6 aromatic carbocycles. The summed E-state index contributed by atoms with van der Waals surface area (Å²) in [5.74, 6) is 0. The van der Waals surface area contributed by atoms with Gasteiger partial charge in [-0.3, -0.25) is 0 Å². The van der Waals surface area contributed by atoms with Crippen LogP contribution in [0.1, 0.15) is 38.7 Å². The van der Waals surface area contributed by atoms with Gasteiger partial charge in [0.1, 0.15) is 0 Å². The van der Waals surface area contributed by atoms with Crippen molar-refractivity contribution in [1.82, 2.24) is 0 Å². The Morgan fingerprint density at radius 3 is 1.67 bits per heavy atom. The second-order valence-corrected chi connectivity index (χ2v) is 11.9. The normalized spacial score (nSPS) is 13.4. The summed E-state index contributed by atoms with van der Waals surface area (Å²) >= 11 is 0. The third-order valence-corrected chi connectivity index (χ3v) is 8.96. The van der Waals surface area contributed by atoms with Crippen molar-refractivity contribution in [3.8, 4) is 11.1 Å². The van der Waals surface area contributed by atoms with Crippen LogP contribution in [0, 0.1) is 0 Å². The summed E-state index contributed by atoms with van der Waals surface area (Å²) in [4.78, 5) is 2.41. The minimum absolute atomic E-state index is 1.01. The summed E-state index contributed by atoms with van der Waals surface area (Å²) in [5.41, 5.74) is 11.4. The van der Waals surface area contributed by atoms with Crippen LogP contribution in [0.4, 0.5) is 17.1 Å². The molecule has 6 aromatic rings. The van der Waals surface area contributed by atoms with Crippen LogP contribution >= 0.6 is 0 Å². The number of allylic oxidation sites excluding steroid dienone is 8. The van der Waals surface area contributed by atoms with E-state index in [9.17, 15) is 0 Å². The molecule has 7 rings (SSSR count). The molecule has 0 aliphatic heterocycles. The quantitative estimate of drug-likeness (QED) is 0.159. The topological polar surface area (TPSA) is 3.24 Å². The van der Waals surface area contributed by atoms with Gasteiger partial charge in [-0.1, -0.05) is 158 Å². The van der Waals surface area contributed by atoms with Crippen molar-refractivity contribution in [2.24, 2.45) is 0 Å². The highest BCUT2D eigenvalue weighted by Gasteiger charge is 2.22. The Hall–Kier alpha value is -5.40. The zero-order chi connectivity index (χ0) is 31.3. The third kappa shape index (κ3) is 5.50. The van der Waals surface area contributed by atoms with E-state index < -0.39 is 0 Å².